The number of carbonyl (C=O) groups is 1. The number of phenols is 1. The molecule has 42 heavy (non-hydrogen) atoms. The predicted octanol–water partition coefficient (Wildman–Crippen LogP) is 4.13. The van der Waals surface area contributed by atoms with E-state index in [-0.39, 0.29) is 11.8 Å². The lowest BCUT2D eigenvalue weighted by molar-refractivity contribution is -0.185. The van der Waals surface area contributed by atoms with E-state index in [1.807, 2.05) is 12.1 Å². The maximum absolute atomic E-state index is 12.7. The summed E-state index contributed by atoms with van der Waals surface area (Å²) in [6.45, 7) is 2.09. The topological polar surface area (TPSA) is 82.5 Å². The summed E-state index contributed by atoms with van der Waals surface area (Å²) in [6.07, 6.45) is 9.82. The first-order chi connectivity index (χ1) is 20.2. The zero-order chi connectivity index (χ0) is 29.0. The van der Waals surface area contributed by atoms with Gasteiger partial charge in [0.25, 0.3) is 0 Å². The standard InChI is InChI=1S/C18H21NO4.C17H23NO/c1-19-8-7-17-14-10-3-4-12(22-2)15(14)23-16(17)11(20)5-6-18(17,21)13(19)9-10;1-18-9-8-17-7-3-2-4-14(17)16(18)10-12-5-6-13(19)11-15(12)17/h3-4,13,16,21H,5-9H2,1-2H3;5-6,11,14,16,19H,2-4,7-10H2,1H3/t13-,16+,17+,18-;14-,16-,17-/m10/s1. The summed E-state index contributed by atoms with van der Waals surface area (Å²) in [6, 6.07) is 10.9. The number of hydrogen-bond acceptors (Lipinski definition) is 7. The molecule has 2 N–H and O–H groups in total. The number of methoxy groups -OCH3 is 1. The van der Waals surface area contributed by atoms with Gasteiger partial charge in [-0.1, -0.05) is 25.0 Å². The Morgan fingerprint density at radius 3 is 2.62 bits per heavy atom. The minimum Gasteiger partial charge on any atom is -0.508 e. The summed E-state index contributed by atoms with van der Waals surface area (Å²) < 4.78 is 11.6. The third kappa shape index (κ3) is 3.31. The first-order valence-electron chi connectivity index (χ1n) is 16.1. The van der Waals surface area contributed by atoms with Crippen LogP contribution >= 0.6 is 0 Å². The van der Waals surface area contributed by atoms with E-state index in [9.17, 15) is 15.0 Å². The van der Waals surface area contributed by atoms with Crippen LogP contribution in [0, 0.1) is 5.92 Å². The van der Waals surface area contributed by atoms with Crippen LogP contribution in [0.2, 0.25) is 0 Å². The summed E-state index contributed by atoms with van der Waals surface area (Å²) in [5.74, 6) is 2.74. The molecule has 0 aromatic heterocycles. The number of aromatic hydroxyl groups is 1. The Hall–Kier alpha value is -2.61. The minimum absolute atomic E-state index is 0.0438. The van der Waals surface area contributed by atoms with E-state index in [0.29, 0.717) is 35.5 Å². The fourth-order valence-corrected chi connectivity index (χ4v) is 10.9. The number of ketones is 1. The van der Waals surface area contributed by atoms with Gasteiger partial charge < -0.3 is 29.5 Å². The van der Waals surface area contributed by atoms with Crippen LogP contribution in [0.15, 0.2) is 30.3 Å². The largest absolute Gasteiger partial charge is 0.508 e. The molecule has 0 amide bonds. The van der Waals surface area contributed by atoms with Crippen LogP contribution in [0.25, 0.3) is 0 Å². The van der Waals surface area contributed by atoms with Crippen LogP contribution in [0.4, 0.5) is 0 Å². The van der Waals surface area contributed by atoms with Gasteiger partial charge in [0, 0.05) is 29.5 Å². The molecule has 9 rings (SSSR count). The van der Waals surface area contributed by atoms with Crippen LogP contribution in [0.3, 0.4) is 0 Å². The Morgan fingerprint density at radius 2 is 1.79 bits per heavy atom. The molecule has 0 radical (unpaired) electrons. The highest BCUT2D eigenvalue weighted by Gasteiger charge is 2.72. The van der Waals surface area contributed by atoms with Crippen molar-refractivity contribution in [1.82, 2.24) is 9.80 Å². The number of fused-ring (bicyclic) bond motifs is 1. The van der Waals surface area contributed by atoms with Crippen LogP contribution in [-0.4, -0.2) is 83.9 Å². The molecule has 0 unspecified atom stereocenters. The average molecular weight is 573 g/mol. The van der Waals surface area contributed by atoms with Crippen molar-refractivity contribution in [3.8, 4) is 17.2 Å². The second kappa shape index (κ2) is 9.20. The number of piperidine rings is 2. The number of aliphatic hydroxyl groups is 1. The quantitative estimate of drug-likeness (QED) is 0.532. The van der Waals surface area contributed by atoms with Gasteiger partial charge in [0.2, 0.25) is 0 Å². The zero-order valence-electron chi connectivity index (χ0n) is 25.2. The van der Waals surface area contributed by atoms with Gasteiger partial charge in [-0.25, -0.2) is 0 Å². The molecule has 2 aromatic rings. The molecule has 3 aliphatic heterocycles. The molecule has 4 fully saturated rings. The third-order valence-corrected chi connectivity index (χ3v) is 12.8. The second-order valence-electron chi connectivity index (χ2n) is 14.3. The normalized spacial score (nSPS) is 39.2. The smallest absolute Gasteiger partial charge is 0.174 e. The van der Waals surface area contributed by atoms with Crippen molar-refractivity contribution in [1.29, 1.82) is 0 Å². The number of carbonyl (C=O) groups excluding carboxylic acids is 1. The molecule has 7 heteroatoms. The molecule has 224 valence electrons. The molecule has 7 aliphatic rings. The van der Waals surface area contributed by atoms with Crippen molar-refractivity contribution in [2.75, 3.05) is 34.3 Å². The Balaban J connectivity index is 0.000000129. The summed E-state index contributed by atoms with van der Waals surface area (Å²) in [5, 5.41) is 21.7. The number of Topliss-reactive ketones (excluding diaryl/α,β-unsaturated/α-hetero) is 1. The van der Waals surface area contributed by atoms with Crippen molar-refractivity contribution in [2.45, 2.75) is 98.8 Å². The van der Waals surface area contributed by atoms with Crippen LogP contribution < -0.4 is 9.47 Å². The number of likely N-dealkylation sites (tertiary alicyclic amines) is 2. The van der Waals surface area contributed by atoms with Crippen LogP contribution in [0.1, 0.15) is 73.6 Å². The van der Waals surface area contributed by atoms with E-state index in [4.69, 9.17) is 9.47 Å². The number of rotatable bonds is 1. The molecule has 4 bridgehead atoms. The first kappa shape index (κ1) is 27.0. The van der Waals surface area contributed by atoms with Crippen LogP contribution in [0.5, 0.6) is 17.2 Å². The zero-order valence-corrected chi connectivity index (χ0v) is 25.2. The van der Waals surface area contributed by atoms with Crippen molar-refractivity contribution in [3.63, 3.8) is 0 Å². The van der Waals surface area contributed by atoms with E-state index in [1.54, 1.807) is 7.11 Å². The highest BCUT2D eigenvalue weighted by molar-refractivity contribution is 5.90. The van der Waals surface area contributed by atoms with E-state index >= 15 is 0 Å². The number of hydrogen-bond donors (Lipinski definition) is 2. The van der Waals surface area contributed by atoms with Crippen molar-refractivity contribution >= 4 is 5.78 Å². The van der Waals surface area contributed by atoms with Crippen molar-refractivity contribution in [2.24, 2.45) is 5.92 Å². The Kier molecular flexibility index (Phi) is 5.91. The molecule has 2 saturated carbocycles. The fraction of sp³-hybridized carbons (Fsp3) is 0.629. The van der Waals surface area contributed by atoms with Crippen LogP contribution in [-0.2, 0) is 28.5 Å². The molecule has 4 aliphatic carbocycles. The van der Waals surface area contributed by atoms with E-state index in [1.165, 1.54) is 61.8 Å². The molecule has 7 atom stereocenters. The van der Waals surface area contributed by atoms with Gasteiger partial charge in [0.05, 0.1) is 18.1 Å². The monoisotopic (exact) mass is 572 g/mol. The Bertz CT molecular complexity index is 1460. The SMILES string of the molecule is CN1CC[C@@]23CCCC[C@H]2[C@@H]1Cc1ccc(O)cc13.COc1ccc2c3c1O[C@H]1C(=O)CC[C@@]4(O)[C@@H](C2)N(C)CC[C@]314. The van der Waals surface area contributed by atoms with E-state index in [0.717, 1.165) is 36.9 Å². The van der Waals surface area contributed by atoms with Gasteiger partial charge in [-0.15, -0.1) is 0 Å². The lowest BCUT2D eigenvalue weighted by Crippen LogP contribution is -2.76. The number of likely N-dealkylation sites (N-methyl/N-ethyl adjacent to an activating group) is 2. The maximum Gasteiger partial charge on any atom is 0.174 e. The first-order valence-corrected chi connectivity index (χ1v) is 16.1. The predicted molar refractivity (Wildman–Crippen MR) is 159 cm³/mol. The highest BCUT2D eigenvalue weighted by Crippen LogP contribution is 2.64. The molecule has 3 heterocycles. The van der Waals surface area contributed by atoms with Gasteiger partial charge in [-0.3, -0.25) is 4.79 Å². The number of nitrogens with zero attached hydrogens (tertiary/aromatic N) is 2. The number of ether oxygens (including phenoxy) is 2. The van der Waals surface area contributed by atoms with Crippen molar-refractivity contribution in [3.05, 3.63) is 52.6 Å². The number of phenolic OH excluding ortho intramolecular Hbond substituents is 1. The summed E-state index contributed by atoms with van der Waals surface area (Å²) in [4.78, 5) is 17.5. The number of benzene rings is 2. The average Bonchev–Trinajstić information content (AvgIpc) is 3.36. The van der Waals surface area contributed by atoms with E-state index in [2.05, 4.69) is 42.1 Å². The summed E-state index contributed by atoms with van der Waals surface area (Å²) in [5.41, 5.74) is 4.09. The third-order valence-electron chi connectivity index (χ3n) is 12.8. The lowest BCUT2D eigenvalue weighted by atomic mass is 9.49. The summed E-state index contributed by atoms with van der Waals surface area (Å²) in [7, 11) is 6.00. The van der Waals surface area contributed by atoms with Gasteiger partial charge in [-0.05, 0) is 113 Å². The molecule has 2 aromatic carbocycles. The Morgan fingerprint density at radius 1 is 0.976 bits per heavy atom. The second-order valence-corrected chi connectivity index (χ2v) is 14.3. The van der Waals surface area contributed by atoms with Gasteiger partial charge in [-0.2, -0.15) is 0 Å². The van der Waals surface area contributed by atoms with Gasteiger partial charge in [0.1, 0.15) is 5.75 Å². The van der Waals surface area contributed by atoms with E-state index < -0.39 is 17.1 Å². The van der Waals surface area contributed by atoms with Gasteiger partial charge >= 0.3 is 0 Å². The lowest BCUT2D eigenvalue weighted by Gasteiger charge is -2.62. The molecule has 1 spiro atoms. The maximum atomic E-state index is 12.7. The highest BCUT2D eigenvalue weighted by atomic mass is 16.5. The summed E-state index contributed by atoms with van der Waals surface area (Å²) >= 11 is 0. The Labute approximate surface area is 248 Å². The molecular weight excluding hydrogens is 528 g/mol. The molecule has 2 saturated heterocycles. The molecule has 7 nitrogen and oxygen atoms in total. The van der Waals surface area contributed by atoms with Crippen molar-refractivity contribution < 1.29 is 24.5 Å². The molecular formula is C35H44N2O5. The minimum atomic E-state index is -0.900. The fourth-order valence-electron chi connectivity index (χ4n) is 10.9. The van der Waals surface area contributed by atoms with Gasteiger partial charge in [0.15, 0.2) is 23.4 Å².